The fourth-order valence-electron chi connectivity index (χ4n) is 0.898. The van der Waals surface area contributed by atoms with Crippen LogP contribution in [0.15, 0.2) is 29.4 Å². The molecule has 11 heavy (non-hydrogen) atoms. The van der Waals surface area contributed by atoms with Crippen molar-refractivity contribution in [3.63, 3.8) is 0 Å². The second kappa shape index (κ2) is 3.83. The Labute approximate surface area is 64.7 Å². The SMILES string of the molecule is O=Nc1cccc(CCO)c1. The van der Waals surface area contributed by atoms with Crippen LogP contribution in [0.3, 0.4) is 0 Å². The number of nitroso groups, excluding NO2 is 1. The quantitative estimate of drug-likeness (QED) is 0.667. The molecular weight excluding hydrogens is 142 g/mol. The normalized spacial score (nSPS) is 9.55. The number of aliphatic hydroxyl groups is 1. The maximum Gasteiger partial charge on any atom is 0.108 e. The summed E-state index contributed by atoms with van der Waals surface area (Å²) in [6.07, 6.45) is 0.573. The average Bonchev–Trinajstić information content (AvgIpc) is 2.06. The highest BCUT2D eigenvalue weighted by Crippen LogP contribution is 2.13. The van der Waals surface area contributed by atoms with Gasteiger partial charge in [-0.1, -0.05) is 12.1 Å². The van der Waals surface area contributed by atoms with Gasteiger partial charge in [-0.3, -0.25) is 0 Å². The summed E-state index contributed by atoms with van der Waals surface area (Å²) in [7, 11) is 0. The number of hydrogen-bond donors (Lipinski definition) is 1. The van der Waals surface area contributed by atoms with Crippen LogP contribution in [-0.2, 0) is 6.42 Å². The summed E-state index contributed by atoms with van der Waals surface area (Å²) < 4.78 is 0. The molecule has 0 bridgehead atoms. The Morgan fingerprint density at radius 2 is 2.27 bits per heavy atom. The van der Waals surface area contributed by atoms with Crippen molar-refractivity contribution in [3.05, 3.63) is 34.7 Å². The minimum atomic E-state index is 0.0995. The number of benzene rings is 1. The summed E-state index contributed by atoms with van der Waals surface area (Å²) in [5.41, 5.74) is 1.35. The van der Waals surface area contributed by atoms with E-state index in [0.29, 0.717) is 12.1 Å². The Morgan fingerprint density at radius 1 is 1.45 bits per heavy atom. The summed E-state index contributed by atoms with van der Waals surface area (Å²) in [5, 5.41) is 11.4. The third-order valence-electron chi connectivity index (χ3n) is 1.42. The van der Waals surface area contributed by atoms with Gasteiger partial charge in [0.1, 0.15) is 5.69 Å². The Bertz CT molecular complexity index is 248. The zero-order valence-electron chi connectivity index (χ0n) is 6.03. The van der Waals surface area contributed by atoms with Crippen LogP contribution in [0.5, 0.6) is 0 Å². The van der Waals surface area contributed by atoms with E-state index in [9.17, 15) is 4.91 Å². The molecule has 0 fully saturated rings. The number of rotatable bonds is 3. The first-order valence-electron chi connectivity index (χ1n) is 3.40. The maximum atomic E-state index is 10.1. The minimum Gasteiger partial charge on any atom is -0.396 e. The van der Waals surface area contributed by atoms with Gasteiger partial charge in [-0.05, 0) is 29.3 Å². The zero-order chi connectivity index (χ0) is 8.10. The molecule has 1 aromatic carbocycles. The van der Waals surface area contributed by atoms with Gasteiger partial charge in [-0.15, -0.1) is 4.91 Å². The second-order valence-corrected chi connectivity index (χ2v) is 2.23. The first-order valence-corrected chi connectivity index (χ1v) is 3.40. The zero-order valence-corrected chi connectivity index (χ0v) is 6.03. The summed E-state index contributed by atoms with van der Waals surface area (Å²) in [6.45, 7) is 0.0995. The van der Waals surface area contributed by atoms with Gasteiger partial charge in [0.25, 0.3) is 0 Å². The van der Waals surface area contributed by atoms with E-state index in [1.807, 2.05) is 6.07 Å². The van der Waals surface area contributed by atoms with Gasteiger partial charge in [0, 0.05) is 6.61 Å². The fourth-order valence-corrected chi connectivity index (χ4v) is 0.898. The van der Waals surface area contributed by atoms with Crippen molar-refractivity contribution in [1.29, 1.82) is 0 Å². The minimum absolute atomic E-state index is 0.0995. The molecular formula is C8H9NO2. The van der Waals surface area contributed by atoms with Crippen molar-refractivity contribution in [2.45, 2.75) is 6.42 Å². The molecule has 0 saturated heterocycles. The smallest absolute Gasteiger partial charge is 0.108 e. The lowest BCUT2D eigenvalue weighted by Gasteiger charge is -1.96. The van der Waals surface area contributed by atoms with Gasteiger partial charge in [-0.25, -0.2) is 0 Å². The van der Waals surface area contributed by atoms with E-state index in [4.69, 9.17) is 5.11 Å². The number of hydrogen-bond acceptors (Lipinski definition) is 3. The van der Waals surface area contributed by atoms with Crippen molar-refractivity contribution in [2.24, 2.45) is 5.18 Å². The van der Waals surface area contributed by atoms with E-state index in [0.717, 1.165) is 5.56 Å². The standard InChI is InChI=1S/C8H9NO2/c10-5-4-7-2-1-3-8(6-7)9-11/h1-3,6,10H,4-5H2. The molecule has 0 aliphatic heterocycles. The largest absolute Gasteiger partial charge is 0.396 e. The molecule has 1 aromatic rings. The predicted octanol–water partition coefficient (Wildman–Crippen LogP) is 1.62. The van der Waals surface area contributed by atoms with Crippen LogP contribution in [0.25, 0.3) is 0 Å². The summed E-state index contributed by atoms with van der Waals surface area (Å²) in [4.78, 5) is 10.1. The van der Waals surface area contributed by atoms with Crippen molar-refractivity contribution in [2.75, 3.05) is 6.61 Å². The van der Waals surface area contributed by atoms with E-state index in [1.165, 1.54) is 0 Å². The van der Waals surface area contributed by atoms with E-state index in [2.05, 4.69) is 5.18 Å². The molecule has 0 amide bonds. The lowest BCUT2D eigenvalue weighted by Crippen LogP contribution is -1.88. The Balaban J connectivity index is 2.82. The predicted molar refractivity (Wildman–Crippen MR) is 42.7 cm³/mol. The third kappa shape index (κ3) is 2.13. The molecule has 0 heterocycles. The Kier molecular flexibility index (Phi) is 2.74. The van der Waals surface area contributed by atoms with Crippen molar-refractivity contribution in [3.8, 4) is 0 Å². The van der Waals surface area contributed by atoms with E-state index in [1.54, 1.807) is 18.2 Å². The molecule has 1 rings (SSSR count). The lowest BCUT2D eigenvalue weighted by atomic mass is 10.1. The van der Waals surface area contributed by atoms with Crippen molar-refractivity contribution >= 4 is 5.69 Å². The summed E-state index contributed by atoms with van der Waals surface area (Å²) >= 11 is 0. The van der Waals surface area contributed by atoms with Gasteiger partial charge >= 0.3 is 0 Å². The molecule has 0 aliphatic rings. The van der Waals surface area contributed by atoms with Crippen molar-refractivity contribution < 1.29 is 5.11 Å². The highest BCUT2D eigenvalue weighted by molar-refractivity contribution is 5.39. The highest BCUT2D eigenvalue weighted by Gasteiger charge is 1.93. The molecule has 0 spiro atoms. The number of aliphatic hydroxyl groups excluding tert-OH is 1. The Morgan fingerprint density at radius 3 is 2.91 bits per heavy atom. The van der Waals surface area contributed by atoms with Crippen LogP contribution in [-0.4, -0.2) is 11.7 Å². The van der Waals surface area contributed by atoms with Crippen LogP contribution in [0.1, 0.15) is 5.56 Å². The van der Waals surface area contributed by atoms with Crippen LogP contribution in [0.4, 0.5) is 5.69 Å². The molecule has 3 heteroatoms. The Hall–Kier alpha value is -1.22. The van der Waals surface area contributed by atoms with Crippen LogP contribution >= 0.6 is 0 Å². The summed E-state index contributed by atoms with van der Waals surface area (Å²) in [6, 6.07) is 6.91. The lowest BCUT2D eigenvalue weighted by molar-refractivity contribution is 0.299. The highest BCUT2D eigenvalue weighted by atomic mass is 16.3. The molecule has 0 saturated carbocycles. The van der Waals surface area contributed by atoms with Crippen LogP contribution in [0.2, 0.25) is 0 Å². The van der Waals surface area contributed by atoms with Gasteiger partial charge in [0.15, 0.2) is 0 Å². The summed E-state index contributed by atoms with van der Waals surface area (Å²) in [5.74, 6) is 0. The van der Waals surface area contributed by atoms with E-state index >= 15 is 0 Å². The van der Waals surface area contributed by atoms with Gasteiger partial charge in [0.05, 0.1) is 0 Å². The molecule has 0 radical (unpaired) electrons. The third-order valence-corrected chi connectivity index (χ3v) is 1.42. The molecule has 3 nitrogen and oxygen atoms in total. The maximum absolute atomic E-state index is 10.1. The first-order chi connectivity index (χ1) is 5.36. The molecule has 0 aromatic heterocycles. The van der Waals surface area contributed by atoms with Crippen LogP contribution in [0, 0.1) is 4.91 Å². The second-order valence-electron chi connectivity index (χ2n) is 2.23. The first kappa shape index (κ1) is 7.88. The molecule has 58 valence electrons. The van der Waals surface area contributed by atoms with Gasteiger partial charge < -0.3 is 5.11 Å². The number of nitrogens with zero attached hydrogens (tertiary/aromatic N) is 1. The molecule has 0 atom stereocenters. The van der Waals surface area contributed by atoms with Crippen LogP contribution < -0.4 is 0 Å². The van der Waals surface area contributed by atoms with Gasteiger partial charge in [-0.2, -0.15) is 0 Å². The van der Waals surface area contributed by atoms with Gasteiger partial charge in [0.2, 0.25) is 0 Å². The van der Waals surface area contributed by atoms with E-state index < -0.39 is 0 Å². The fraction of sp³-hybridized carbons (Fsp3) is 0.250. The van der Waals surface area contributed by atoms with Crippen molar-refractivity contribution in [1.82, 2.24) is 0 Å². The molecule has 0 unspecified atom stereocenters. The average molecular weight is 151 g/mol. The molecule has 0 aliphatic carbocycles. The molecule has 1 N–H and O–H groups in total. The topological polar surface area (TPSA) is 49.7 Å². The van der Waals surface area contributed by atoms with E-state index in [-0.39, 0.29) is 6.61 Å². The monoisotopic (exact) mass is 151 g/mol.